The summed E-state index contributed by atoms with van der Waals surface area (Å²) in [6, 6.07) is -0.458. The minimum Gasteiger partial charge on any atom is -0.315 e. The van der Waals surface area contributed by atoms with Gasteiger partial charge in [-0.05, 0) is 20.8 Å². The van der Waals surface area contributed by atoms with Crippen LogP contribution in [-0.4, -0.2) is 37.6 Å². The number of hydrogen-bond donors (Lipinski definition) is 2. The van der Waals surface area contributed by atoms with Gasteiger partial charge in [0.2, 0.25) is 11.0 Å². The fourth-order valence-corrected chi connectivity index (χ4v) is 4.38. The maximum absolute atomic E-state index is 11.8. The second-order valence-electron chi connectivity index (χ2n) is 4.81. The van der Waals surface area contributed by atoms with Gasteiger partial charge in [-0.15, -0.1) is 24.4 Å². The number of hydrogen-bond acceptors (Lipinski definition) is 4. The Hall–Kier alpha value is -0.200. The van der Waals surface area contributed by atoms with Crippen molar-refractivity contribution in [1.82, 2.24) is 4.90 Å². The van der Waals surface area contributed by atoms with E-state index < -0.39 is 11.6 Å². The number of nitrogens with two attached hydrogens (primary N) is 1. The first-order chi connectivity index (χ1) is 6.69. The standard InChI is InChI=1S/C9H14N2O2S2/c1-8(2)4(5(12)14)11-6(13)9(3,10)7(11)15-8/h4,7H,10H2,1-3H3,(H,12,14)/t4-,7+,9?/m0/s1. The smallest absolute Gasteiger partial charge is 0.247 e. The topological polar surface area (TPSA) is 63.4 Å². The Balaban J connectivity index is 2.37. The molecule has 84 valence electrons. The first-order valence-electron chi connectivity index (χ1n) is 4.72. The lowest BCUT2D eigenvalue weighted by Crippen LogP contribution is -2.76. The molecule has 15 heavy (non-hydrogen) atoms. The summed E-state index contributed by atoms with van der Waals surface area (Å²) in [5.41, 5.74) is 5.05. The molecule has 2 fully saturated rings. The average Bonchev–Trinajstić information content (AvgIpc) is 2.35. The van der Waals surface area contributed by atoms with E-state index in [2.05, 4.69) is 12.6 Å². The summed E-state index contributed by atoms with van der Waals surface area (Å²) in [6.45, 7) is 5.60. The van der Waals surface area contributed by atoms with E-state index in [1.807, 2.05) is 13.8 Å². The summed E-state index contributed by atoms with van der Waals surface area (Å²) < 4.78 is -0.309. The second-order valence-corrected chi connectivity index (χ2v) is 6.98. The molecule has 1 unspecified atom stereocenters. The largest absolute Gasteiger partial charge is 0.315 e. The molecule has 3 atom stereocenters. The molecule has 0 bridgehead atoms. The van der Waals surface area contributed by atoms with Crippen LogP contribution in [0.1, 0.15) is 20.8 Å². The van der Waals surface area contributed by atoms with Gasteiger partial charge >= 0.3 is 0 Å². The summed E-state index contributed by atoms with van der Waals surface area (Å²) in [7, 11) is 0. The third-order valence-electron chi connectivity index (χ3n) is 3.05. The number of carbonyl (C=O) groups is 2. The van der Waals surface area contributed by atoms with Crippen LogP contribution in [-0.2, 0) is 9.59 Å². The van der Waals surface area contributed by atoms with Crippen LogP contribution in [0.3, 0.4) is 0 Å². The summed E-state index contributed by atoms with van der Waals surface area (Å²) >= 11 is 5.43. The monoisotopic (exact) mass is 246 g/mol. The van der Waals surface area contributed by atoms with Gasteiger partial charge in [-0.2, -0.15) is 0 Å². The summed E-state index contributed by atoms with van der Waals surface area (Å²) in [5, 5.41) is -0.361. The Bertz CT molecular complexity index is 354. The maximum Gasteiger partial charge on any atom is 0.247 e. The predicted molar refractivity (Wildman–Crippen MR) is 62.7 cm³/mol. The molecule has 0 saturated carbocycles. The molecule has 6 heteroatoms. The van der Waals surface area contributed by atoms with Gasteiger partial charge in [-0.1, -0.05) is 0 Å². The molecule has 0 aromatic carbocycles. The van der Waals surface area contributed by atoms with Gasteiger partial charge in [-0.25, -0.2) is 0 Å². The minimum absolute atomic E-state index is 0.0962. The quantitative estimate of drug-likeness (QED) is 0.513. The zero-order chi connectivity index (χ0) is 11.6. The molecule has 2 N–H and O–H groups in total. The highest BCUT2D eigenvalue weighted by atomic mass is 32.2. The van der Waals surface area contributed by atoms with Crippen molar-refractivity contribution in [3.05, 3.63) is 0 Å². The van der Waals surface area contributed by atoms with Crippen molar-refractivity contribution in [2.24, 2.45) is 5.73 Å². The molecule has 2 saturated heterocycles. The van der Waals surface area contributed by atoms with Crippen LogP contribution in [0.15, 0.2) is 0 Å². The molecule has 1 amide bonds. The molecule has 0 aliphatic carbocycles. The lowest BCUT2D eigenvalue weighted by Gasteiger charge is -2.49. The van der Waals surface area contributed by atoms with E-state index >= 15 is 0 Å². The van der Waals surface area contributed by atoms with Crippen LogP contribution in [0, 0.1) is 0 Å². The fourth-order valence-electron chi connectivity index (χ4n) is 2.25. The van der Waals surface area contributed by atoms with Crippen LogP contribution in [0.4, 0.5) is 0 Å². The third kappa shape index (κ3) is 1.28. The molecular weight excluding hydrogens is 232 g/mol. The Kier molecular flexibility index (Phi) is 2.20. The van der Waals surface area contributed by atoms with Gasteiger partial charge in [0.05, 0.1) is 0 Å². The van der Waals surface area contributed by atoms with Crippen LogP contribution in [0.25, 0.3) is 0 Å². The lowest BCUT2D eigenvalue weighted by atomic mass is 9.88. The molecule has 2 aliphatic rings. The minimum atomic E-state index is -0.833. The van der Waals surface area contributed by atoms with E-state index in [1.165, 1.54) is 0 Å². The van der Waals surface area contributed by atoms with Crippen molar-refractivity contribution in [2.45, 2.75) is 42.5 Å². The van der Waals surface area contributed by atoms with Crippen molar-refractivity contribution >= 4 is 35.4 Å². The zero-order valence-corrected chi connectivity index (χ0v) is 10.6. The third-order valence-corrected chi connectivity index (χ3v) is 5.06. The fraction of sp³-hybridized carbons (Fsp3) is 0.778. The van der Waals surface area contributed by atoms with Crippen LogP contribution >= 0.6 is 24.4 Å². The van der Waals surface area contributed by atoms with E-state index in [9.17, 15) is 9.59 Å². The van der Waals surface area contributed by atoms with Crippen LogP contribution < -0.4 is 5.73 Å². The SMILES string of the molecule is CC1(C)S[C@H]2N(C(=O)C2(C)N)[C@H]1C(=O)S. The molecular formula is C9H14N2O2S2. The first kappa shape index (κ1) is 11.3. The first-order valence-corrected chi connectivity index (χ1v) is 6.04. The van der Waals surface area contributed by atoms with E-state index in [0.717, 1.165) is 0 Å². The Labute approximate surface area is 98.3 Å². The molecule has 4 nitrogen and oxygen atoms in total. The van der Waals surface area contributed by atoms with Crippen LogP contribution in [0.5, 0.6) is 0 Å². The molecule has 0 radical (unpaired) electrons. The molecule has 0 aromatic rings. The van der Waals surface area contributed by atoms with Crippen molar-refractivity contribution in [3.63, 3.8) is 0 Å². The Morgan fingerprint density at radius 1 is 1.53 bits per heavy atom. The van der Waals surface area contributed by atoms with Gasteiger partial charge in [-0.3, -0.25) is 9.59 Å². The number of fused-ring (bicyclic) bond motifs is 1. The average molecular weight is 246 g/mol. The Morgan fingerprint density at radius 3 is 2.53 bits per heavy atom. The zero-order valence-electron chi connectivity index (χ0n) is 8.85. The molecule has 2 heterocycles. The number of β-lactam (4-membered cyclic amide) rings is 1. The van der Waals surface area contributed by atoms with Crippen molar-refractivity contribution < 1.29 is 9.59 Å². The highest BCUT2D eigenvalue weighted by Crippen LogP contribution is 2.54. The van der Waals surface area contributed by atoms with E-state index in [4.69, 9.17) is 5.73 Å². The van der Waals surface area contributed by atoms with Crippen LogP contribution in [0.2, 0.25) is 0 Å². The number of carbonyl (C=O) groups excluding carboxylic acids is 2. The number of thioether (sulfide) groups is 1. The van der Waals surface area contributed by atoms with Gasteiger partial charge in [0.25, 0.3) is 0 Å². The molecule has 2 aliphatic heterocycles. The van der Waals surface area contributed by atoms with Crippen molar-refractivity contribution in [2.75, 3.05) is 0 Å². The lowest BCUT2D eigenvalue weighted by molar-refractivity contribution is -0.156. The summed E-state index contributed by atoms with van der Waals surface area (Å²) in [4.78, 5) is 24.8. The number of amides is 1. The second kappa shape index (κ2) is 2.93. The maximum atomic E-state index is 11.8. The van der Waals surface area contributed by atoms with Gasteiger partial charge in [0, 0.05) is 4.75 Å². The van der Waals surface area contributed by atoms with Crippen molar-refractivity contribution in [3.8, 4) is 0 Å². The molecule has 2 rings (SSSR count). The summed E-state index contributed by atoms with van der Waals surface area (Å²) in [5.74, 6) is -0.155. The van der Waals surface area contributed by atoms with E-state index in [0.29, 0.717) is 0 Å². The highest BCUT2D eigenvalue weighted by molar-refractivity contribution is 8.02. The highest BCUT2D eigenvalue weighted by Gasteiger charge is 2.67. The molecule has 0 spiro atoms. The van der Waals surface area contributed by atoms with Gasteiger partial charge < -0.3 is 10.6 Å². The predicted octanol–water partition coefficient (Wildman–Crippen LogP) is 0.223. The number of rotatable bonds is 1. The normalized spacial score (nSPS) is 42.5. The number of thiol groups is 1. The van der Waals surface area contributed by atoms with Gasteiger partial charge in [0.1, 0.15) is 17.0 Å². The van der Waals surface area contributed by atoms with Crippen molar-refractivity contribution in [1.29, 1.82) is 0 Å². The van der Waals surface area contributed by atoms with E-state index in [1.54, 1.807) is 23.6 Å². The van der Waals surface area contributed by atoms with E-state index in [-0.39, 0.29) is 21.1 Å². The number of nitrogens with zero attached hydrogens (tertiary/aromatic N) is 1. The molecule has 0 aromatic heterocycles. The van der Waals surface area contributed by atoms with Gasteiger partial charge in [0.15, 0.2) is 0 Å². The summed E-state index contributed by atoms with van der Waals surface area (Å²) in [6.07, 6.45) is 0. The Morgan fingerprint density at radius 2 is 2.07 bits per heavy atom.